The molecule has 0 atom stereocenters. The monoisotopic (exact) mass is 257 g/mol. The molecule has 0 aliphatic carbocycles. The molecular formula is C15H15NOS. The maximum atomic E-state index is 11.2. The van der Waals surface area contributed by atoms with Gasteiger partial charge in [0, 0.05) is 22.2 Å². The number of carbonyl (C=O) groups excluding carboxylic acids is 1. The quantitative estimate of drug-likeness (QED) is 0.611. The molecule has 0 radical (unpaired) electrons. The third kappa shape index (κ3) is 2.99. The summed E-state index contributed by atoms with van der Waals surface area (Å²) in [5.74, 6) is 1.12. The van der Waals surface area contributed by atoms with E-state index in [1.807, 2.05) is 23.9 Å². The van der Waals surface area contributed by atoms with Gasteiger partial charge in [-0.3, -0.25) is 9.78 Å². The predicted octanol–water partition coefficient (Wildman–Crippen LogP) is 4.06. The second-order valence-corrected chi connectivity index (χ2v) is 5.28. The van der Waals surface area contributed by atoms with Crippen LogP contribution in [0.1, 0.15) is 24.2 Å². The molecular weight excluding hydrogens is 242 g/mol. The Morgan fingerprint density at radius 1 is 1.17 bits per heavy atom. The van der Waals surface area contributed by atoms with E-state index < -0.39 is 0 Å². The Kier molecular flexibility index (Phi) is 4.15. The van der Waals surface area contributed by atoms with Crippen LogP contribution in [0.4, 0.5) is 0 Å². The standard InChI is InChI=1S/C15H15NOS/c1-3-18-14-7-4-12(5-8-14)15-9-6-13(10-16-15)11(2)17/h4-10H,3H2,1-2H3. The topological polar surface area (TPSA) is 30.0 Å². The lowest BCUT2D eigenvalue weighted by atomic mass is 10.1. The molecule has 0 bridgehead atoms. The van der Waals surface area contributed by atoms with Gasteiger partial charge < -0.3 is 0 Å². The summed E-state index contributed by atoms with van der Waals surface area (Å²) < 4.78 is 0. The van der Waals surface area contributed by atoms with E-state index in [0.717, 1.165) is 17.0 Å². The Bertz CT molecular complexity index is 531. The van der Waals surface area contributed by atoms with Crippen LogP contribution in [0.5, 0.6) is 0 Å². The van der Waals surface area contributed by atoms with E-state index in [4.69, 9.17) is 0 Å². The Morgan fingerprint density at radius 2 is 1.89 bits per heavy atom. The van der Waals surface area contributed by atoms with Gasteiger partial charge in [-0.25, -0.2) is 0 Å². The lowest BCUT2D eigenvalue weighted by molar-refractivity contribution is 0.101. The van der Waals surface area contributed by atoms with Gasteiger partial charge in [0.25, 0.3) is 0 Å². The Balaban J connectivity index is 2.23. The number of pyridine rings is 1. The number of hydrogen-bond donors (Lipinski definition) is 0. The largest absolute Gasteiger partial charge is 0.294 e. The zero-order valence-electron chi connectivity index (χ0n) is 10.5. The molecule has 0 fully saturated rings. The van der Waals surface area contributed by atoms with Crippen molar-refractivity contribution in [2.45, 2.75) is 18.7 Å². The number of benzene rings is 1. The van der Waals surface area contributed by atoms with Gasteiger partial charge in [0.1, 0.15) is 0 Å². The molecule has 18 heavy (non-hydrogen) atoms. The highest BCUT2D eigenvalue weighted by molar-refractivity contribution is 7.99. The molecule has 2 rings (SSSR count). The summed E-state index contributed by atoms with van der Waals surface area (Å²) in [6.07, 6.45) is 1.63. The average Bonchev–Trinajstić information content (AvgIpc) is 2.40. The summed E-state index contributed by atoms with van der Waals surface area (Å²) in [5, 5.41) is 0. The van der Waals surface area contributed by atoms with Crippen molar-refractivity contribution in [1.29, 1.82) is 0 Å². The minimum atomic E-state index is 0.0451. The predicted molar refractivity (Wildman–Crippen MR) is 76.1 cm³/mol. The number of thioether (sulfide) groups is 1. The zero-order chi connectivity index (χ0) is 13.0. The summed E-state index contributed by atoms with van der Waals surface area (Å²) in [6, 6.07) is 12.0. The smallest absolute Gasteiger partial charge is 0.161 e. The first-order valence-electron chi connectivity index (χ1n) is 5.91. The normalized spacial score (nSPS) is 10.3. The highest BCUT2D eigenvalue weighted by Crippen LogP contribution is 2.22. The molecule has 2 aromatic rings. The van der Waals surface area contributed by atoms with Crippen LogP contribution in [0.3, 0.4) is 0 Å². The van der Waals surface area contributed by atoms with Crippen molar-refractivity contribution in [3.8, 4) is 11.3 Å². The number of rotatable bonds is 4. The van der Waals surface area contributed by atoms with Gasteiger partial charge in [0.05, 0.1) is 5.69 Å². The van der Waals surface area contributed by atoms with Crippen molar-refractivity contribution in [1.82, 2.24) is 4.98 Å². The number of Topliss-reactive ketones (excluding diaryl/α,β-unsaturated/α-hetero) is 1. The molecule has 92 valence electrons. The van der Waals surface area contributed by atoms with Gasteiger partial charge >= 0.3 is 0 Å². The van der Waals surface area contributed by atoms with Gasteiger partial charge in [-0.05, 0) is 36.9 Å². The molecule has 1 heterocycles. The fraction of sp³-hybridized carbons (Fsp3) is 0.200. The molecule has 0 unspecified atom stereocenters. The van der Waals surface area contributed by atoms with E-state index in [1.54, 1.807) is 13.1 Å². The van der Waals surface area contributed by atoms with Crippen molar-refractivity contribution in [2.24, 2.45) is 0 Å². The molecule has 0 saturated carbocycles. The van der Waals surface area contributed by atoms with Gasteiger partial charge in [-0.1, -0.05) is 19.1 Å². The maximum Gasteiger partial charge on any atom is 0.161 e. The van der Waals surface area contributed by atoms with Crippen LogP contribution >= 0.6 is 11.8 Å². The van der Waals surface area contributed by atoms with Crippen LogP contribution in [0.2, 0.25) is 0 Å². The first kappa shape index (κ1) is 12.8. The van der Waals surface area contributed by atoms with Crippen LogP contribution in [-0.4, -0.2) is 16.5 Å². The van der Waals surface area contributed by atoms with E-state index in [1.165, 1.54) is 4.90 Å². The molecule has 0 N–H and O–H groups in total. The molecule has 2 nitrogen and oxygen atoms in total. The number of ketones is 1. The summed E-state index contributed by atoms with van der Waals surface area (Å²) in [6.45, 7) is 3.69. The van der Waals surface area contributed by atoms with Crippen LogP contribution < -0.4 is 0 Å². The second kappa shape index (κ2) is 5.83. The summed E-state index contributed by atoms with van der Waals surface area (Å²) in [5.41, 5.74) is 2.62. The lowest BCUT2D eigenvalue weighted by Gasteiger charge is -2.03. The molecule has 3 heteroatoms. The molecule has 0 aliphatic heterocycles. The van der Waals surface area contributed by atoms with Gasteiger partial charge in [0.15, 0.2) is 5.78 Å². The first-order valence-corrected chi connectivity index (χ1v) is 6.89. The van der Waals surface area contributed by atoms with Crippen molar-refractivity contribution >= 4 is 17.5 Å². The SMILES string of the molecule is CCSc1ccc(-c2ccc(C(C)=O)cn2)cc1. The van der Waals surface area contributed by atoms with E-state index >= 15 is 0 Å². The fourth-order valence-corrected chi connectivity index (χ4v) is 2.32. The zero-order valence-corrected chi connectivity index (χ0v) is 11.3. The molecule has 1 aromatic carbocycles. The summed E-state index contributed by atoms with van der Waals surface area (Å²) >= 11 is 1.82. The van der Waals surface area contributed by atoms with Crippen LogP contribution in [-0.2, 0) is 0 Å². The van der Waals surface area contributed by atoms with Gasteiger partial charge in [0.2, 0.25) is 0 Å². The summed E-state index contributed by atoms with van der Waals surface area (Å²) in [7, 11) is 0. The van der Waals surface area contributed by atoms with Crippen molar-refractivity contribution < 1.29 is 4.79 Å². The molecule has 1 aromatic heterocycles. The minimum absolute atomic E-state index is 0.0451. The number of aromatic nitrogens is 1. The highest BCUT2D eigenvalue weighted by atomic mass is 32.2. The van der Waals surface area contributed by atoms with Gasteiger partial charge in [-0.15, -0.1) is 11.8 Å². The van der Waals surface area contributed by atoms with E-state index in [-0.39, 0.29) is 5.78 Å². The van der Waals surface area contributed by atoms with E-state index in [0.29, 0.717) is 5.56 Å². The van der Waals surface area contributed by atoms with Crippen molar-refractivity contribution in [3.63, 3.8) is 0 Å². The number of nitrogens with zero attached hydrogens (tertiary/aromatic N) is 1. The Hall–Kier alpha value is -1.61. The molecule has 0 saturated heterocycles. The van der Waals surface area contributed by atoms with Crippen LogP contribution in [0.15, 0.2) is 47.5 Å². The summed E-state index contributed by atoms with van der Waals surface area (Å²) in [4.78, 5) is 16.8. The third-order valence-electron chi connectivity index (χ3n) is 2.63. The highest BCUT2D eigenvalue weighted by Gasteiger charge is 2.02. The van der Waals surface area contributed by atoms with Crippen LogP contribution in [0.25, 0.3) is 11.3 Å². The Morgan fingerprint density at radius 3 is 2.39 bits per heavy atom. The average molecular weight is 257 g/mol. The first-order chi connectivity index (χ1) is 8.70. The van der Waals surface area contributed by atoms with Crippen molar-refractivity contribution in [3.05, 3.63) is 48.2 Å². The Labute approximate surface area is 111 Å². The maximum absolute atomic E-state index is 11.2. The minimum Gasteiger partial charge on any atom is -0.294 e. The van der Waals surface area contributed by atoms with E-state index in [9.17, 15) is 4.79 Å². The van der Waals surface area contributed by atoms with Gasteiger partial charge in [-0.2, -0.15) is 0 Å². The molecule has 0 spiro atoms. The lowest BCUT2D eigenvalue weighted by Crippen LogP contribution is -1.93. The molecule has 0 aliphatic rings. The van der Waals surface area contributed by atoms with E-state index in [2.05, 4.69) is 36.2 Å². The van der Waals surface area contributed by atoms with Crippen LogP contribution in [0, 0.1) is 0 Å². The number of carbonyl (C=O) groups is 1. The second-order valence-electron chi connectivity index (χ2n) is 3.95. The fourth-order valence-electron chi connectivity index (χ4n) is 1.66. The van der Waals surface area contributed by atoms with Crippen molar-refractivity contribution in [2.75, 3.05) is 5.75 Å². The number of hydrogen-bond acceptors (Lipinski definition) is 3. The molecule has 0 amide bonds. The third-order valence-corrected chi connectivity index (χ3v) is 3.53.